The predicted octanol–water partition coefficient (Wildman–Crippen LogP) is 2.96. The molecule has 7 heteroatoms. The lowest BCUT2D eigenvalue weighted by Crippen LogP contribution is -2.31. The molecule has 1 heterocycles. The maximum absolute atomic E-state index is 11.7. The standard InChI is InChI=1S/C17H15ClN4O2/c1-10(23)19-9-15(24)20-12-7-5-11(6-8-12)17-21-14-4-2-3-13(18)16(14)22-17/h2-8H,9H2,1H3,(H,19,23)(H,20,24)(H,21,22). The number of carbonyl (C=O) groups excluding carboxylic acids is 2. The van der Waals surface area contributed by atoms with Crippen molar-refractivity contribution in [1.29, 1.82) is 0 Å². The molecule has 0 aliphatic heterocycles. The van der Waals surface area contributed by atoms with E-state index in [4.69, 9.17) is 11.6 Å². The Labute approximate surface area is 143 Å². The Bertz CT molecular complexity index is 903. The number of para-hydroxylation sites is 1. The highest BCUT2D eigenvalue weighted by Gasteiger charge is 2.08. The van der Waals surface area contributed by atoms with E-state index in [0.717, 1.165) is 16.6 Å². The number of nitrogens with one attached hydrogen (secondary N) is 3. The summed E-state index contributed by atoms with van der Waals surface area (Å²) in [5.41, 5.74) is 3.11. The van der Waals surface area contributed by atoms with Gasteiger partial charge in [0, 0.05) is 18.2 Å². The molecule has 3 N–H and O–H groups in total. The van der Waals surface area contributed by atoms with Crippen molar-refractivity contribution in [1.82, 2.24) is 15.3 Å². The zero-order valence-electron chi connectivity index (χ0n) is 12.9. The maximum Gasteiger partial charge on any atom is 0.243 e. The summed E-state index contributed by atoms with van der Waals surface area (Å²) >= 11 is 6.13. The van der Waals surface area contributed by atoms with Crippen LogP contribution in [0.2, 0.25) is 5.02 Å². The molecule has 0 saturated heterocycles. The minimum atomic E-state index is -0.284. The first kappa shape index (κ1) is 16.0. The second-order valence-corrected chi connectivity index (χ2v) is 5.66. The molecule has 3 rings (SSSR count). The molecule has 0 fully saturated rings. The van der Waals surface area contributed by atoms with E-state index in [1.807, 2.05) is 24.3 Å². The van der Waals surface area contributed by atoms with Crippen LogP contribution in [0, 0.1) is 0 Å². The molecule has 2 aromatic carbocycles. The van der Waals surface area contributed by atoms with Gasteiger partial charge >= 0.3 is 0 Å². The van der Waals surface area contributed by atoms with E-state index in [9.17, 15) is 9.59 Å². The normalized spacial score (nSPS) is 10.6. The number of hydrogen-bond donors (Lipinski definition) is 3. The largest absolute Gasteiger partial charge is 0.347 e. The van der Waals surface area contributed by atoms with E-state index in [2.05, 4.69) is 20.6 Å². The average molecular weight is 343 g/mol. The Morgan fingerprint density at radius 2 is 1.92 bits per heavy atom. The number of imidazole rings is 1. The third-order valence-electron chi connectivity index (χ3n) is 3.40. The summed E-state index contributed by atoms with van der Waals surface area (Å²) in [6, 6.07) is 12.8. The van der Waals surface area contributed by atoms with Gasteiger partial charge in [-0.3, -0.25) is 9.59 Å². The quantitative estimate of drug-likeness (QED) is 0.681. The van der Waals surface area contributed by atoms with Crippen molar-refractivity contribution < 1.29 is 9.59 Å². The van der Waals surface area contributed by atoms with Gasteiger partial charge in [0.25, 0.3) is 0 Å². The zero-order valence-corrected chi connectivity index (χ0v) is 13.6. The summed E-state index contributed by atoms with van der Waals surface area (Å²) in [5.74, 6) is 0.173. The highest BCUT2D eigenvalue weighted by molar-refractivity contribution is 6.35. The van der Waals surface area contributed by atoms with Gasteiger partial charge < -0.3 is 15.6 Å². The fourth-order valence-corrected chi connectivity index (χ4v) is 2.47. The summed E-state index contributed by atoms with van der Waals surface area (Å²) in [7, 11) is 0. The van der Waals surface area contributed by atoms with Gasteiger partial charge in [-0.05, 0) is 36.4 Å². The smallest absolute Gasteiger partial charge is 0.243 e. The van der Waals surface area contributed by atoms with E-state index in [-0.39, 0.29) is 18.4 Å². The molecule has 6 nitrogen and oxygen atoms in total. The van der Waals surface area contributed by atoms with Gasteiger partial charge in [-0.15, -0.1) is 0 Å². The molecule has 0 unspecified atom stereocenters. The van der Waals surface area contributed by atoms with Crippen molar-refractivity contribution >= 4 is 40.1 Å². The minimum absolute atomic E-state index is 0.0564. The van der Waals surface area contributed by atoms with E-state index in [1.54, 1.807) is 18.2 Å². The van der Waals surface area contributed by atoms with Crippen LogP contribution in [0.1, 0.15) is 6.92 Å². The molecule has 24 heavy (non-hydrogen) atoms. The van der Waals surface area contributed by atoms with E-state index in [0.29, 0.717) is 16.5 Å². The summed E-state index contributed by atoms with van der Waals surface area (Å²) in [5, 5.41) is 5.75. The molecular weight excluding hydrogens is 328 g/mol. The lowest BCUT2D eigenvalue weighted by atomic mass is 10.2. The molecule has 0 radical (unpaired) electrons. The topological polar surface area (TPSA) is 86.9 Å². The molecule has 0 saturated carbocycles. The highest BCUT2D eigenvalue weighted by atomic mass is 35.5. The molecule has 2 amide bonds. The maximum atomic E-state index is 11.7. The van der Waals surface area contributed by atoms with Crippen molar-refractivity contribution in [2.75, 3.05) is 11.9 Å². The average Bonchev–Trinajstić information content (AvgIpc) is 2.99. The number of halogens is 1. The minimum Gasteiger partial charge on any atom is -0.347 e. The number of nitrogens with zero attached hydrogens (tertiary/aromatic N) is 1. The number of amides is 2. The SMILES string of the molecule is CC(=O)NCC(=O)Nc1ccc(-c2nc3c(Cl)cccc3[nH]2)cc1. The number of aromatic nitrogens is 2. The van der Waals surface area contributed by atoms with Crippen molar-refractivity contribution in [2.45, 2.75) is 6.92 Å². The number of rotatable bonds is 4. The van der Waals surface area contributed by atoms with Crippen molar-refractivity contribution in [3.05, 3.63) is 47.5 Å². The highest BCUT2D eigenvalue weighted by Crippen LogP contribution is 2.26. The number of benzene rings is 2. The molecule has 0 spiro atoms. The van der Waals surface area contributed by atoms with Gasteiger partial charge in [-0.1, -0.05) is 17.7 Å². The number of fused-ring (bicyclic) bond motifs is 1. The summed E-state index contributed by atoms with van der Waals surface area (Å²) in [4.78, 5) is 30.2. The number of aromatic amines is 1. The Kier molecular flexibility index (Phi) is 4.48. The first-order chi connectivity index (χ1) is 11.5. The van der Waals surface area contributed by atoms with Crippen molar-refractivity contribution in [3.63, 3.8) is 0 Å². The molecule has 0 atom stereocenters. The molecule has 0 aliphatic carbocycles. The fourth-order valence-electron chi connectivity index (χ4n) is 2.26. The third-order valence-corrected chi connectivity index (χ3v) is 3.71. The number of H-pyrrole nitrogens is 1. The second kappa shape index (κ2) is 6.72. The molecule has 1 aromatic heterocycles. The van der Waals surface area contributed by atoms with Crippen LogP contribution in [-0.2, 0) is 9.59 Å². The van der Waals surface area contributed by atoms with Gasteiger partial charge in [0.15, 0.2) is 0 Å². The van der Waals surface area contributed by atoms with Crippen LogP contribution in [0.3, 0.4) is 0 Å². The number of carbonyl (C=O) groups is 2. The summed E-state index contributed by atoms with van der Waals surface area (Å²) in [6.07, 6.45) is 0. The molecule has 0 aliphatic rings. The van der Waals surface area contributed by atoms with Crippen LogP contribution in [0.25, 0.3) is 22.4 Å². The van der Waals surface area contributed by atoms with E-state index < -0.39 is 0 Å². The number of hydrogen-bond acceptors (Lipinski definition) is 3. The summed E-state index contributed by atoms with van der Waals surface area (Å²) < 4.78 is 0. The lowest BCUT2D eigenvalue weighted by molar-refractivity contribution is -0.122. The Balaban J connectivity index is 1.75. The van der Waals surface area contributed by atoms with Crippen molar-refractivity contribution in [3.8, 4) is 11.4 Å². The molecular formula is C17H15ClN4O2. The van der Waals surface area contributed by atoms with Crippen LogP contribution >= 0.6 is 11.6 Å². The van der Waals surface area contributed by atoms with Crippen LogP contribution < -0.4 is 10.6 Å². The van der Waals surface area contributed by atoms with Gasteiger partial charge in [0.2, 0.25) is 11.8 Å². The summed E-state index contributed by atoms with van der Waals surface area (Å²) in [6.45, 7) is 1.31. The van der Waals surface area contributed by atoms with Crippen LogP contribution in [0.4, 0.5) is 5.69 Å². The molecule has 0 bridgehead atoms. The van der Waals surface area contributed by atoms with Crippen LogP contribution in [0.5, 0.6) is 0 Å². The third kappa shape index (κ3) is 3.55. The van der Waals surface area contributed by atoms with Gasteiger partial charge in [0.1, 0.15) is 11.3 Å². The van der Waals surface area contributed by atoms with E-state index in [1.165, 1.54) is 6.92 Å². The van der Waals surface area contributed by atoms with Crippen LogP contribution in [-0.4, -0.2) is 28.3 Å². The van der Waals surface area contributed by atoms with Gasteiger partial charge in [0.05, 0.1) is 17.1 Å². The zero-order chi connectivity index (χ0) is 17.1. The lowest BCUT2D eigenvalue weighted by Gasteiger charge is -2.06. The van der Waals surface area contributed by atoms with Crippen LogP contribution in [0.15, 0.2) is 42.5 Å². The Morgan fingerprint density at radius 3 is 2.58 bits per heavy atom. The van der Waals surface area contributed by atoms with E-state index >= 15 is 0 Å². The Morgan fingerprint density at radius 1 is 1.17 bits per heavy atom. The Hall–Kier alpha value is -2.86. The van der Waals surface area contributed by atoms with Crippen molar-refractivity contribution in [2.24, 2.45) is 0 Å². The second-order valence-electron chi connectivity index (χ2n) is 5.26. The predicted molar refractivity (Wildman–Crippen MR) is 93.9 cm³/mol. The monoisotopic (exact) mass is 342 g/mol. The van der Waals surface area contributed by atoms with Gasteiger partial charge in [-0.25, -0.2) is 4.98 Å². The molecule has 122 valence electrons. The first-order valence-corrected chi connectivity index (χ1v) is 7.69. The molecule has 3 aromatic rings. The van der Waals surface area contributed by atoms with Gasteiger partial charge in [-0.2, -0.15) is 0 Å². The first-order valence-electron chi connectivity index (χ1n) is 7.32. The number of anilines is 1. The fraction of sp³-hybridized carbons (Fsp3) is 0.118.